The molecule has 15 heavy (non-hydrogen) atoms. The summed E-state index contributed by atoms with van der Waals surface area (Å²) in [5.74, 6) is 0.423. The third-order valence-electron chi connectivity index (χ3n) is 1.79. The van der Waals surface area contributed by atoms with Gasteiger partial charge in [0.2, 0.25) is 0 Å². The Kier molecular flexibility index (Phi) is 4.17. The quantitative estimate of drug-likeness (QED) is 0.768. The molecule has 0 saturated heterocycles. The van der Waals surface area contributed by atoms with E-state index in [1.165, 1.54) is 14.2 Å². The molecule has 1 rings (SSSR count). The number of hydrogen-bond acceptors (Lipinski definition) is 4. The van der Waals surface area contributed by atoms with Crippen LogP contribution in [0.1, 0.15) is 5.56 Å². The summed E-state index contributed by atoms with van der Waals surface area (Å²) in [5.41, 5.74) is 0.761. The van der Waals surface area contributed by atoms with Gasteiger partial charge in [-0.1, -0.05) is 11.6 Å². The van der Waals surface area contributed by atoms with E-state index in [0.29, 0.717) is 10.8 Å². The van der Waals surface area contributed by atoms with Crippen LogP contribution < -0.4 is 4.52 Å². The molecular weight excluding hydrogens is 239 g/mol. The number of phosphoric ester groups is 1. The highest BCUT2D eigenvalue weighted by atomic mass is 35.5. The van der Waals surface area contributed by atoms with E-state index in [1.54, 1.807) is 25.1 Å². The van der Waals surface area contributed by atoms with Gasteiger partial charge in [0.25, 0.3) is 0 Å². The van der Waals surface area contributed by atoms with E-state index in [-0.39, 0.29) is 0 Å². The average molecular weight is 251 g/mol. The summed E-state index contributed by atoms with van der Waals surface area (Å²) in [4.78, 5) is 0. The molecule has 0 spiro atoms. The minimum Gasteiger partial charge on any atom is -0.404 e. The van der Waals surface area contributed by atoms with E-state index in [1.807, 2.05) is 0 Å². The number of hydrogen-bond donors (Lipinski definition) is 0. The van der Waals surface area contributed by atoms with Crippen LogP contribution in [0.15, 0.2) is 18.2 Å². The first-order valence-corrected chi connectivity index (χ1v) is 6.02. The molecule has 0 aliphatic carbocycles. The third-order valence-corrected chi connectivity index (χ3v) is 3.34. The number of halogens is 1. The van der Waals surface area contributed by atoms with Crippen molar-refractivity contribution in [2.24, 2.45) is 0 Å². The van der Waals surface area contributed by atoms with Crippen LogP contribution in [0.2, 0.25) is 5.02 Å². The van der Waals surface area contributed by atoms with Crippen LogP contribution in [0.5, 0.6) is 5.75 Å². The Balaban J connectivity index is 2.94. The van der Waals surface area contributed by atoms with Crippen LogP contribution in [-0.4, -0.2) is 14.2 Å². The molecule has 84 valence electrons. The van der Waals surface area contributed by atoms with E-state index >= 15 is 0 Å². The predicted octanol–water partition coefficient (Wildman–Crippen LogP) is 3.43. The number of phosphoric acid groups is 1. The van der Waals surface area contributed by atoms with Gasteiger partial charge in [0.1, 0.15) is 5.75 Å². The molecule has 0 amide bonds. The molecule has 6 heteroatoms. The Morgan fingerprint density at radius 2 is 1.87 bits per heavy atom. The van der Waals surface area contributed by atoms with Gasteiger partial charge in [-0.05, 0) is 30.7 Å². The zero-order valence-electron chi connectivity index (χ0n) is 8.69. The summed E-state index contributed by atoms with van der Waals surface area (Å²) in [7, 11) is -0.969. The van der Waals surface area contributed by atoms with Gasteiger partial charge in [-0.15, -0.1) is 0 Å². The zero-order chi connectivity index (χ0) is 11.5. The summed E-state index contributed by atoms with van der Waals surface area (Å²) in [6, 6.07) is 4.95. The molecule has 0 bridgehead atoms. The van der Waals surface area contributed by atoms with Crippen molar-refractivity contribution in [1.29, 1.82) is 0 Å². The highest BCUT2D eigenvalue weighted by molar-refractivity contribution is 7.48. The molecule has 0 aliphatic heterocycles. The molecule has 4 nitrogen and oxygen atoms in total. The molecule has 1 aromatic carbocycles. The van der Waals surface area contributed by atoms with Gasteiger partial charge in [0.05, 0.1) is 0 Å². The Bertz CT molecular complexity index is 386. The maximum atomic E-state index is 11.7. The number of rotatable bonds is 4. The Hall–Kier alpha value is -0.540. The summed E-state index contributed by atoms with van der Waals surface area (Å²) in [6.45, 7) is 1.79. The van der Waals surface area contributed by atoms with E-state index in [0.717, 1.165) is 5.56 Å². The van der Waals surface area contributed by atoms with Crippen molar-refractivity contribution in [2.45, 2.75) is 6.92 Å². The lowest BCUT2D eigenvalue weighted by Gasteiger charge is -2.15. The minimum atomic E-state index is -3.49. The monoisotopic (exact) mass is 250 g/mol. The summed E-state index contributed by atoms with van der Waals surface area (Å²) in [6.07, 6.45) is 0. The highest BCUT2D eigenvalue weighted by Crippen LogP contribution is 2.48. The fourth-order valence-electron chi connectivity index (χ4n) is 0.985. The summed E-state index contributed by atoms with van der Waals surface area (Å²) in [5, 5.41) is 0.588. The second-order valence-electron chi connectivity index (χ2n) is 2.81. The highest BCUT2D eigenvalue weighted by Gasteiger charge is 2.25. The smallest absolute Gasteiger partial charge is 0.404 e. The first kappa shape index (κ1) is 12.5. The van der Waals surface area contributed by atoms with Crippen molar-refractivity contribution in [2.75, 3.05) is 14.2 Å². The van der Waals surface area contributed by atoms with Gasteiger partial charge < -0.3 is 4.52 Å². The van der Waals surface area contributed by atoms with Crippen molar-refractivity contribution in [3.05, 3.63) is 28.8 Å². The maximum Gasteiger partial charge on any atom is 0.529 e. The van der Waals surface area contributed by atoms with E-state index in [4.69, 9.17) is 16.1 Å². The Morgan fingerprint density at radius 1 is 1.27 bits per heavy atom. The second-order valence-corrected chi connectivity index (χ2v) is 5.06. The molecule has 0 fully saturated rings. The fraction of sp³-hybridized carbons (Fsp3) is 0.333. The van der Waals surface area contributed by atoms with Crippen molar-refractivity contribution in [3.8, 4) is 5.75 Å². The average Bonchev–Trinajstić information content (AvgIpc) is 2.22. The SMILES string of the molecule is COP(=O)(OC)Oc1ccc(Cl)cc1C. The van der Waals surface area contributed by atoms with E-state index in [2.05, 4.69) is 9.05 Å². The lowest BCUT2D eigenvalue weighted by Crippen LogP contribution is -1.98. The van der Waals surface area contributed by atoms with Gasteiger partial charge in [-0.3, -0.25) is 9.05 Å². The van der Waals surface area contributed by atoms with Gasteiger partial charge >= 0.3 is 7.82 Å². The zero-order valence-corrected chi connectivity index (χ0v) is 10.3. The topological polar surface area (TPSA) is 44.8 Å². The first-order valence-electron chi connectivity index (χ1n) is 4.18. The van der Waals surface area contributed by atoms with Crippen molar-refractivity contribution >= 4 is 19.4 Å². The normalized spacial score (nSPS) is 11.5. The first-order chi connectivity index (χ1) is 7.00. The van der Waals surface area contributed by atoms with E-state index < -0.39 is 7.82 Å². The molecule has 0 unspecified atom stereocenters. The van der Waals surface area contributed by atoms with Crippen LogP contribution in [0.25, 0.3) is 0 Å². The lowest BCUT2D eigenvalue weighted by atomic mass is 10.2. The molecule has 0 saturated carbocycles. The predicted molar refractivity (Wildman–Crippen MR) is 58.4 cm³/mol. The van der Waals surface area contributed by atoms with Gasteiger partial charge in [0.15, 0.2) is 0 Å². The van der Waals surface area contributed by atoms with Crippen LogP contribution in [0.4, 0.5) is 0 Å². The summed E-state index contributed by atoms with van der Waals surface area (Å²) < 4.78 is 26.1. The van der Waals surface area contributed by atoms with Gasteiger partial charge in [-0.25, -0.2) is 4.57 Å². The van der Waals surface area contributed by atoms with Crippen LogP contribution in [0, 0.1) is 6.92 Å². The lowest BCUT2D eigenvalue weighted by molar-refractivity contribution is 0.210. The van der Waals surface area contributed by atoms with E-state index in [9.17, 15) is 4.57 Å². The molecule has 0 heterocycles. The molecule has 0 radical (unpaired) electrons. The summed E-state index contributed by atoms with van der Waals surface area (Å²) >= 11 is 5.77. The van der Waals surface area contributed by atoms with Crippen LogP contribution >= 0.6 is 19.4 Å². The standard InChI is InChI=1S/C9H12ClO4P/c1-7-6-8(10)4-5-9(7)14-15(11,12-2)13-3/h4-6H,1-3H3. The Labute approximate surface area is 93.7 Å². The molecule has 0 atom stereocenters. The van der Waals surface area contributed by atoms with Gasteiger partial charge in [-0.2, -0.15) is 0 Å². The molecule has 1 aromatic rings. The minimum absolute atomic E-state index is 0.423. The fourth-order valence-corrected chi connectivity index (χ4v) is 1.96. The molecule has 0 aromatic heterocycles. The van der Waals surface area contributed by atoms with Crippen molar-refractivity contribution in [1.82, 2.24) is 0 Å². The van der Waals surface area contributed by atoms with Crippen molar-refractivity contribution in [3.63, 3.8) is 0 Å². The van der Waals surface area contributed by atoms with Crippen molar-refractivity contribution < 1.29 is 18.1 Å². The third kappa shape index (κ3) is 3.21. The largest absolute Gasteiger partial charge is 0.529 e. The number of benzene rings is 1. The van der Waals surface area contributed by atoms with Crippen LogP contribution in [-0.2, 0) is 13.6 Å². The maximum absolute atomic E-state index is 11.7. The Morgan fingerprint density at radius 3 is 2.33 bits per heavy atom. The van der Waals surface area contributed by atoms with Gasteiger partial charge in [0, 0.05) is 19.2 Å². The molecular formula is C9H12ClO4P. The molecule has 0 N–H and O–H groups in total. The second kappa shape index (κ2) is 4.99. The number of aryl methyl sites for hydroxylation is 1. The molecule has 0 aliphatic rings. The van der Waals surface area contributed by atoms with Crippen LogP contribution in [0.3, 0.4) is 0 Å².